The third kappa shape index (κ3) is 3.81. The fourth-order valence-corrected chi connectivity index (χ4v) is 2.84. The van der Waals surface area contributed by atoms with Crippen molar-refractivity contribution >= 4 is 33.9 Å². The predicted molar refractivity (Wildman–Crippen MR) is 104 cm³/mol. The summed E-state index contributed by atoms with van der Waals surface area (Å²) in [5.41, 5.74) is 3.30. The van der Waals surface area contributed by atoms with Crippen LogP contribution < -0.4 is 5.32 Å². The molecule has 0 unspecified atom stereocenters. The van der Waals surface area contributed by atoms with E-state index in [4.69, 9.17) is 0 Å². The van der Waals surface area contributed by atoms with Crippen LogP contribution in [0.2, 0.25) is 0 Å². The van der Waals surface area contributed by atoms with E-state index in [9.17, 15) is 14.7 Å². The van der Waals surface area contributed by atoms with E-state index in [1.165, 1.54) is 17.7 Å². The predicted octanol–water partition coefficient (Wildman–Crippen LogP) is 4.89. The van der Waals surface area contributed by atoms with Gasteiger partial charge in [-0.25, -0.2) is 4.79 Å². The van der Waals surface area contributed by atoms with Crippen LogP contribution >= 0.6 is 0 Å². The van der Waals surface area contributed by atoms with Gasteiger partial charge in [0.2, 0.25) is 5.91 Å². The second-order valence-corrected chi connectivity index (χ2v) is 6.23. The van der Waals surface area contributed by atoms with Crippen molar-refractivity contribution in [2.75, 3.05) is 5.32 Å². The Morgan fingerprint density at radius 1 is 0.962 bits per heavy atom. The summed E-state index contributed by atoms with van der Waals surface area (Å²) < 4.78 is 0. The molecule has 0 radical (unpaired) electrons. The number of anilines is 1. The number of para-hydroxylation sites is 1. The number of nitrogens with one attached hydrogen (secondary N) is 1. The van der Waals surface area contributed by atoms with E-state index < -0.39 is 5.97 Å². The van der Waals surface area contributed by atoms with Gasteiger partial charge in [-0.2, -0.15) is 0 Å². The van der Waals surface area contributed by atoms with Crippen molar-refractivity contribution in [2.45, 2.75) is 13.8 Å². The Labute approximate surface area is 151 Å². The number of fused-ring (bicyclic) bond motifs is 1. The Balaban J connectivity index is 1.84. The van der Waals surface area contributed by atoms with Crippen LogP contribution in [-0.4, -0.2) is 17.0 Å². The molecule has 0 aromatic heterocycles. The molecule has 3 rings (SSSR count). The number of carbonyl (C=O) groups excluding carboxylic acids is 1. The van der Waals surface area contributed by atoms with Gasteiger partial charge in [-0.05, 0) is 54.0 Å². The van der Waals surface area contributed by atoms with Gasteiger partial charge in [0.15, 0.2) is 0 Å². The molecule has 0 saturated heterocycles. The smallest absolute Gasteiger partial charge is 0.337 e. The third-order valence-electron chi connectivity index (χ3n) is 4.21. The third-order valence-corrected chi connectivity index (χ3v) is 4.21. The maximum atomic E-state index is 12.3. The quantitative estimate of drug-likeness (QED) is 0.662. The van der Waals surface area contributed by atoms with Crippen molar-refractivity contribution < 1.29 is 14.7 Å². The summed E-state index contributed by atoms with van der Waals surface area (Å²) in [5, 5.41) is 14.1. The van der Waals surface area contributed by atoms with Gasteiger partial charge in [-0.3, -0.25) is 4.79 Å². The van der Waals surface area contributed by atoms with Crippen LogP contribution in [0.3, 0.4) is 0 Å². The highest BCUT2D eigenvalue weighted by Gasteiger charge is 2.11. The minimum absolute atomic E-state index is 0.0629. The Hall–Kier alpha value is -3.40. The molecule has 0 fully saturated rings. The number of carboxylic acids is 1. The van der Waals surface area contributed by atoms with Crippen LogP contribution in [0.15, 0.2) is 66.7 Å². The monoisotopic (exact) mass is 345 g/mol. The number of carboxylic acid groups (broad SMARTS) is 1. The number of hydrogen-bond acceptors (Lipinski definition) is 2. The van der Waals surface area contributed by atoms with Gasteiger partial charge in [-0.1, -0.05) is 48.0 Å². The first-order valence-electron chi connectivity index (χ1n) is 8.26. The first-order valence-corrected chi connectivity index (χ1v) is 8.26. The van der Waals surface area contributed by atoms with Gasteiger partial charge in [0.1, 0.15) is 0 Å². The summed E-state index contributed by atoms with van der Waals surface area (Å²) in [4.78, 5) is 23.5. The second-order valence-electron chi connectivity index (χ2n) is 6.23. The molecule has 0 bridgehead atoms. The van der Waals surface area contributed by atoms with Gasteiger partial charge in [0.05, 0.1) is 11.3 Å². The van der Waals surface area contributed by atoms with E-state index in [2.05, 4.69) is 30.4 Å². The zero-order valence-electron chi connectivity index (χ0n) is 14.6. The van der Waals surface area contributed by atoms with E-state index in [1.807, 2.05) is 25.1 Å². The lowest BCUT2D eigenvalue weighted by Crippen LogP contribution is -2.12. The van der Waals surface area contributed by atoms with Gasteiger partial charge in [0.25, 0.3) is 0 Å². The maximum Gasteiger partial charge on any atom is 0.337 e. The molecular weight excluding hydrogens is 326 g/mol. The van der Waals surface area contributed by atoms with Crippen LogP contribution in [-0.2, 0) is 4.79 Å². The molecule has 0 atom stereocenters. The highest BCUT2D eigenvalue weighted by molar-refractivity contribution is 6.07. The molecular formula is C22H19NO3. The van der Waals surface area contributed by atoms with E-state index in [1.54, 1.807) is 18.2 Å². The minimum atomic E-state index is -1.08. The fraction of sp³-hybridized carbons (Fsp3) is 0.0909. The van der Waals surface area contributed by atoms with Crippen molar-refractivity contribution in [3.63, 3.8) is 0 Å². The molecule has 0 spiro atoms. The highest BCUT2D eigenvalue weighted by atomic mass is 16.4. The number of benzene rings is 3. The van der Waals surface area contributed by atoms with Crippen molar-refractivity contribution in [3.05, 3.63) is 83.4 Å². The van der Waals surface area contributed by atoms with E-state index in [0.717, 1.165) is 21.9 Å². The number of amides is 1. The molecule has 1 amide bonds. The molecule has 26 heavy (non-hydrogen) atoms. The summed E-state index contributed by atoms with van der Waals surface area (Å²) in [6.07, 6.45) is 1.48. The zero-order valence-corrected chi connectivity index (χ0v) is 14.6. The lowest BCUT2D eigenvalue weighted by molar-refractivity contribution is -0.111. The van der Waals surface area contributed by atoms with Crippen molar-refractivity contribution in [1.82, 2.24) is 0 Å². The standard InChI is InChI=1S/C22H19NO3/c1-14-7-8-18-13-16(9-10-17(18)11-14)15(2)12-21(24)23-20-6-4-3-5-19(20)22(25)26/h3-13H,1-2H3,(H,23,24)(H,25,26). The van der Waals surface area contributed by atoms with Gasteiger partial charge >= 0.3 is 5.97 Å². The number of carbonyl (C=O) groups is 2. The molecule has 0 heterocycles. The highest BCUT2D eigenvalue weighted by Crippen LogP contribution is 2.22. The summed E-state index contributed by atoms with van der Waals surface area (Å²) >= 11 is 0. The Kier molecular flexibility index (Phi) is 4.85. The first-order chi connectivity index (χ1) is 12.4. The number of allylic oxidation sites excluding steroid dienone is 1. The van der Waals surface area contributed by atoms with Gasteiger partial charge < -0.3 is 10.4 Å². The SMILES string of the molecule is CC(=CC(=O)Nc1ccccc1C(=O)O)c1ccc2cc(C)ccc2c1. The molecule has 3 aromatic rings. The Bertz CT molecular complexity index is 1030. The molecule has 4 nitrogen and oxygen atoms in total. The summed E-state index contributed by atoms with van der Waals surface area (Å²) in [6, 6.07) is 18.6. The van der Waals surface area contributed by atoms with Crippen molar-refractivity contribution in [3.8, 4) is 0 Å². The van der Waals surface area contributed by atoms with Crippen LogP contribution in [0.4, 0.5) is 5.69 Å². The lowest BCUT2D eigenvalue weighted by atomic mass is 10.0. The number of aryl methyl sites for hydroxylation is 1. The van der Waals surface area contributed by atoms with Crippen LogP contribution in [0, 0.1) is 6.92 Å². The summed E-state index contributed by atoms with van der Waals surface area (Å²) in [7, 11) is 0. The van der Waals surface area contributed by atoms with E-state index in [0.29, 0.717) is 0 Å². The molecule has 4 heteroatoms. The summed E-state index contributed by atoms with van der Waals surface area (Å²) in [5.74, 6) is -1.44. The van der Waals surface area contributed by atoms with Gasteiger partial charge in [0, 0.05) is 6.08 Å². The van der Waals surface area contributed by atoms with Crippen LogP contribution in [0.5, 0.6) is 0 Å². The number of aromatic carboxylic acids is 1. The van der Waals surface area contributed by atoms with E-state index >= 15 is 0 Å². The van der Waals surface area contributed by atoms with E-state index in [-0.39, 0.29) is 17.2 Å². The Morgan fingerprint density at radius 3 is 2.42 bits per heavy atom. The molecule has 0 aliphatic carbocycles. The fourth-order valence-electron chi connectivity index (χ4n) is 2.84. The molecule has 0 aliphatic heterocycles. The average Bonchev–Trinajstić information content (AvgIpc) is 2.61. The summed E-state index contributed by atoms with van der Waals surface area (Å²) in [6.45, 7) is 3.91. The normalized spacial score (nSPS) is 11.4. The molecule has 3 aromatic carbocycles. The molecule has 2 N–H and O–H groups in total. The lowest BCUT2D eigenvalue weighted by Gasteiger charge is -2.08. The van der Waals surface area contributed by atoms with Gasteiger partial charge in [-0.15, -0.1) is 0 Å². The molecule has 0 aliphatic rings. The van der Waals surface area contributed by atoms with Crippen molar-refractivity contribution in [1.29, 1.82) is 0 Å². The zero-order chi connectivity index (χ0) is 18.7. The maximum absolute atomic E-state index is 12.3. The largest absolute Gasteiger partial charge is 0.478 e. The van der Waals surface area contributed by atoms with Crippen molar-refractivity contribution in [2.24, 2.45) is 0 Å². The van der Waals surface area contributed by atoms with Crippen LogP contribution in [0.1, 0.15) is 28.4 Å². The first kappa shape index (κ1) is 17.4. The molecule has 0 saturated carbocycles. The minimum Gasteiger partial charge on any atom is -0.478 e. The molecule has 130 valence electrons. The Morgan fingerprint density at radius 2 is 1.65 bits per heavy atom. The number of hydrogen-bond donors (Lipinski definition) is 2. The van der Waals surface area contributed by atoms with Crippen LogP contribution in [0.25, 0.3) is 16.3 Å². The number of rotatable bonds is 4. The topological polar surface area (TPSA) is 66.4 Å². The average molecular weight is 345 g/mol. The second kappa shape index (κ2) is 7.23.